The third-order valence-electron chi connectivity index (χ3n) is 2.44. The maximum absolute atomic E-state index is 12.9. The van der Waals surface area contributed by atoms with Crippen LogP contribution in [0.15, 0.2) is 6.08 Å². The van der Waals surface area contributed by atoms with Crippen LogP contribution in [0.2, 0.25) is 0 Å². The second kappa shape index (κ2) is 5.56. The third-order valence-corrected chi connectivity index (χ3v) is 2.44. The van der Waals surface area contributed by atoms with Gasteiger partial charge in [-0.2, -0.15) is 57.1 Å². The molecule has 0 fully saturated rings. The first-order valence-electron chi connectivity index (χ1n) is 4.96. The molecule has 0 aliphatic carbocycles. The SMILES string of the molecule is O=C=CCC(F)(F)C(F)(F)C(F)(F)C(F)(F)C(F)(F)C(F)(F)F. The Labute approximate surface area is 117 Å². The van der Waals surface area contributed by atoms with E-state index in [4.69, 9.17) is 0 Å². The predicted molar refractivity (Wildman–Crippen MR) is 45.7 cm³/mol. The van der Waals surface area contributed by atoms with Gasteiger partial charge in [0.1, 0.15) is 5.94 Å². The molecule has 0 aromatic carbocycles. The molecule has 0 unspecified atom stereocenters. The Balaban J connectivity index is 6.18. The van der Waals surface area contributed by atoms with Crippen molar-refractivity contribution in [2.75, 3.05) is 0 Å². The first-order valence-corrected chi connectivity index (χ1v) is 4.96. The van der Waals surface area contributed by atoms with Crippen LogP contribution in [-0.4, -0.2) is 41.7 Å². The van der Waals surface area contributed by atoms with Crippen molar-refractivity contribution in [2.45, 2.75) is 42.2 Å². The van der Waals surface area contributed by atoms with Gasteiger partial charge in [-0.25, -0.2) is 4.79 Å². The fourth-order valence-electron chi connectivity index (χ4n) is 1.10. The van der Waals surface area contributed by atoms with Gasteiger partial charge in [-0.15, -0.1) is 0 Å². The highest BCUT2D eigenvalue weighted by atomic mass is 19.4. The maximum Gasteiger partial charge on any atom is 0.460 e. The van der Waals surface area contributed by atoms with Crippen LogP contribution < -0.4 is 0 Å². The lowest BCUT2D eigenvalue weighted by Gasteiger charge is -2.39. The summed E-state index contributed by atoms with van der Waals surface area (Å²) < 4.78 is 162. The maximum atomic E-state index is 12.9. The Kier molecular flexibility index (Phi) is 5.21. The van der Waals surface area contributed by atoms with E-state index in [-0.39, 0.29) is 0 Å². The van der Waals surface area contributed by atoms with Gasteiger partial charge >= 0.3 is 35.8 Å². The Morgan fingerprint density at radius 1 is 0.609 bits per heavy atom. The molecule has 0 heterocycles. The quantitative estimate of drug-likeness (QED) is 0.494. The molecule has 0 atom stereocenters. The van der Waals surface area contributed by atoms with Crippen molar-refractivity contribution >= 4 is 5.94 Å². The molecule has 0 aromatic heterocycles. The number of allylic oxidation sites excluding steroid dienone is 1. The molecule has 0 amide bonds. The van der Waals surface area contributed by atoms with Crippen molar-refractivity contribution in [1.29, 1.82) is 0 Å². The molecular weight excluding hydrogens is 371 g/mol. The number of halogens is 13. The summed E-state index contributed by atoms with van der Waals surface area (Å²) in [6.07, 6.45) is -10.7. The third kappa shape index (κ3) is 3.00. The van der Waals surface area contributed by atoms with Gasteiger partial charge in [-0.3, -0.25) is 0 Å². The zero-order valence-corrected chi connectivity index (χ0v) is 10.1. The molecule has 14 heteroatoms. The van der Waals surface area contributed by atoms with Crippen molar-refractivity contribution in [2.24, 2.45) is 0 Å². The van der Waals surface area contributed by atoms with Gasteiger partial charge in [0, 0.05) is 12.5 Å². The van der Waals surface area contributed by atoms with E-state index in [1.54, 1.807) is 0 Å². The van der Waals surface area contributed by atoms with E-state index < -0.39 is 48.3 Å². The van der Waals surface area contributed by atoms with E-state index >= 15 is 0 Å². The van der Waals surface area contributed by atoms with Crippen LogP contribution in [0.5, 0.6) is 0 Å². The van der Waals surface area contributed by atoms with Crippen molar-refractivity contribution in [3.8, 4) is 0 Å². The molecule has 0 spiro atoms. The molecule has 0 saturated heterocycles. The summed E-state index contributed by atoms with van der Waals surface area (Å²) >= 11 is 0. The van der Waals surface area contributed by atoms with Crippen molar-refractivity contribution in [1.82, 2.24) is 0 Å². The monoisotopic (exact) mass is 374 g/mol. The van der Waals surface area contributed by atoms with Crippen molar-refractivity contribution in [3.63, 3.8) is 0 Å². The van der Waals surface area contributed by atoms with Crippen LogP contribution in [-0.2, 0) is 4.79 Å². The summed E-state index contributed by atoms with van der Waals surface area (Å²) in [6.45, 7) is 0. The fourth-order valence-corrected chi connectivity index (χ4v) is 1.10. The van der Waals surface area contributed by atoms with E-state index in [0.29, 0.717) is 5.94 Å². The first-order chi connectivity index (χ1) is 9.81. The molecule has 0 rings (SSSR count). The normalized spacial score (nSPS) is 15.3. The summed E-state index contributed by atoms with van der Waals surface area (Å²) in [5, 5.41) is 0. The minimum absolute atomic E-state index is 0.392. The van der Waals surface area contributed by atoms with E-state index in [2.05, 4.69) is 0 Å². The summed E-state index contributed by atoms with van der Waals surface area (Å²) in [7, 11) is 0. The zero-order valence-electron chi connectivity index (χ0n) is 10.1. The fraction of sp³-hybridized carbons (Fsp3) is 0.778. The van der Waals surface area contributed by atoms with Crippen LogP contribution in [0.4, 0.5) is 57.1 Å². The van der Waals surface area contributed by atoms with Gasteiger partial charge < -0.3 is 0 Å². The summed E-state index contributed by atoms with van der Waals surface area (Å²) in [5.74, 6) is -36.7. The average Bonchev–Trinajstić information content (AvgIpc) is 2.34. The van der Waals surface area contributed by atoms with Crippen molar-refractivity contribution in [3.05, 3.63) is 6.08 Å². The van der Waals surface area contributed by atoms with E-state index in [0.717, 1.165) is 0 Å². The van der Waals surface area contributed by atoms with Gasteiger partial charge in [0.2, 0.25) is 0 Å². The molecule has 0 aliphatic heterocycles. The Morgan fingerprint density at radius 2 is 0.957 bits per heavy atom. The summed E-state index contributed by atoms with van der Waals surface area (Å²) in [5.41, 5.74) is 0. The van der Waals surface area contributed by atoms with Gasteiger partial charge in [-0.1, -0.05) is 0 Å². The van der Waals surface area contributed by atoms with Crippen LogP contribution in [0, 0.1) is 0 Å². The molecule has 0 radical (unpaired) electrons. The number of alkyl halides is 13. The van der Waals surface area contributed by atoms with Gasteiger partial charge in [0.15, 0.2) is 0 Å². The molecule has 1 nitrogen and oxygen atoms in total. The number of carbonyl (C=O) groups excluding carboxylic acids is 1. The second-order valence-corrected chi connectivity index (χ2v) is 4.03. The summed E-state index contributed by atoms with van der Waals surface area (Å²) in [4.78, 5) is 9.55. The van der Waals surface area contributed by atoms with Gasteiger partial charge in [0.25, 0.3) is 0 Å². The molecule has 0 N–H and O–H groups in total. The highest BCUT2D eigenvalue weighted by Crippen LogP contribution is 2.60. The van der Waals surface area contributed by atoms with E-state index in [1.165, 1.54) is 0 Å². The van der Waals surface area contributed by atoms with Gasteiger partial charge in [-0.05, 0) is 0 Å². The largest absolute Gasteiger partial charge is 0.460 e. The molecule has 0 bridgehead atoms. The minimum Gasteiger partial charge on any atom is -0.234 e. The van der Waals surface area contributed by atoms with Crippen LogP contribution >= 0.6 is 0 Å². The standard InChI is InChI=1S/C9H3F13O/c10-4(11,2-1-3-23)5(12,13)6(14,15)7(16,17)8(18,19)9(20,21)22/h1H,2H2. The molecule has 0 saturated carbocycles. The lowest BCUT2D eigenvalue weighted by Crippen LogP contribution is -2.70. The molecular formula is C9H3F13O. The van der Waals surface area contributed by atoms with Crippen LogP contribution in [0.3, 0.4) is 0 Å². The average molecular weight is 374 g/mol. The highest BCUT2D eigenvalue weighted by Gasteiger charge is 2.90. The Bertz CT molecular complexity index is 482. The number of rotatable bonds is 6. The smallest absolute Gasteiger partial charge is 0.234 e. The van der Waals surface area contributed by atoms with Crippen LogP contribution in [0.25, 0.3) is 0 Å². The zero-order chi connectivity index (χ0) is 19.1. The first kappa shape index (κ1) is 21.5. The van der Waals surface area contributed by atoms with E-state index in [9.17, 15) is 61.9 Å². The molecule has 0 aliphatic rings. The lowest BCUT2D eigenvalue weighted by molar-refractivity contribution is -0.439. The van der Waals surface area contributed by atoms with Gasteiger partial charge in [0.05, 0.1) is 0 Å². The van der Waals surface area contributed by atoms with Crippen LogP contribution in [0.1, 0.15) is 6.42 Å². The summed E-state index contributed by atoms with van der Waals surface area (Å²) in [6, 6.07) is 0. The Morgan fingerprint density at radius 3 is 1.26 bits per heavy atom. The molecule has 23 heavy (non-hydrogen) atoms. The molecule has 0 aromatic rings. The molecule has 136 valence electrons. The number of hydrogen-bond donors (Lipinski definition) is 0. The topological polar surface area (TPSA) is 17.1 Å². The highest BCUT2D eigenvalue weighted by molar-refractivity contribution is 5.45. The second-order valence-electron chi connectivity index (χ2n) is 4.03. The minimum atomic E-state index is -7.92. The lowest BCUT2D eigenvalue weighted by atomic mass is 9.92. The van der Waals surface area contributed by atoms with Crippen molar-refractivity contribution < 1.29 is 61.9 Å². The predicted octanol–water partition coefficient (Wildman–Crippen LogP) is 4.50. The number of hydrogen-bond acceptors (Lipinski definition) is 1. The van der Waals surface area contributed by atoms with E-state index in [1.807, 2.05) is 0 Å². The Hall–Kier alpha value is -1.46.